The molecule has 0 aliphatic rings. The monoisotopic (exact) mass is 422 g/mol. The number of rotatable bonds is 11. The summed E-state index contributed by atoms with van der Waals surface area (Å²) in [6, 6.07) is 12.4. The summed E-state index contributed by atoms with van der Waals surface area (Å²) in [6.45, 7) is 5.64. The van der Waals surface area contributed by atoms with E-state index in [1.54, 1.807) is 50.2 Å². The molecule has 0 heterocycles. The van der Waals surface area contributed by atoms with Gasteiger partial charge in [-0.05, 0) is 56.2 Å². The van der Waals surface area contributed by atoms with Crippen LogP contribution in [0.15, 0.2) is 42.5 Å². The van der Waals surface area contributed by atoms with E-state index in [4.69, 9.17) is 25.8 Å². The molecule has 0 aromatic heterocycles. The van der Waals surface area contributed by atoms with Gasteiger partial charge in [-0.25, -0.2) is 4.79 Å². The quantitative estimate of drug-likeness (QED) is 0.571. The van der Waals surface area contributed by atoms with E-state index in [2.05, 4.69) is 0 Å². The number of carbonyl (C=O) groups is 1. The van der Waals surface area contributed by atoms with E-state index in [0.717, 1.165) is 11.1 Å². The van der Waals surface area contributed by atoms with Gasteiger partial charge in [-0.1, -0.05) is 29.8 Å². The number of carboxylic acids is 1. The Labute approximate surface area is 176 Å². The van der Waals surface area contributed by atoms with Gasteiger partial charge in [0.15, 0.2) is 6.10 Å². The van der Waals surface area contributed by atoms with Crippen LogP contribution in [-0.4, -0.2) is 47.7 Å². The van der Waals surface area contributed by atoms with E-state index in [9.17, 15) is 15.0 Å². The van der Waals surface area contributed by atoms with Crippen LogP contribution >= 0.6 is 11.6 Å². The highest BCUT2D eigenvalue weighted by Gasteiger charge is 2.20. The van der Waals surface area contributed by atoms with Crippen LogP contribution in [0.5, 0.6) is 11.5 Å². The third-order valence-corrected chi connectivity index (χ3v) is 4.32. The number of aryl methyl sites for hydroxylation is 1. The molecule has 0 bridgehead atoms. The Morgan fingerprint density at radius 3 is 2.34 bits per heavy atom. The highest BCUT2D eigenvalue weighted by molar-refractivity contribution is 6.30. The molecular weight excluding hydrogens is 396 g/mol. The molecule has 0 spiro atoms. The molecule has 0 aliphatic carbocycles. The second kappa shape index (κ2) is 11.0. The number of hydrogen-bond acceptors (Lipinski definition) is 5. The maximum Gasteiger partial charge on any atom is 0.333 e. The second-order valence-corrected chi connectivity index (χ2v) is 7.48. The van der Waals surface area contributed by atoms with Crippen LogP contribution in [0.4, 0.5) is 0 Å². The van der Waals surface area contributed by atoms with Crippen molar-refractivity contribution in [2.75, 3.05) is 13.2 Å². The molecular formula is C22H27ClO6. The Morgan fingerprint density at radius 2 is 1.72 bits per heavy atom. The van der Waals surface area contributed by atoms with Gasteiger partial charge in [0.25, 0.3) is 0 Å². The van der Waals surface area contributed by atoms with Crippen LogP contribution in [0.2, 0.25) is 5.02 Å². The van der Waals surface area contributed by atoms with Crippen LogP contribution < -0.4 is 9.47 Å². The van der Waals surface area contributed by atoms with Crippen molar-refractivity contribution in [3.05, 3.63) is 58.6 Å². The number of aliphatic hydroxyl groups excluding tert-OH is 1. The Morgan fingerprint density at radius 1 is 1.07 bits per heavy atom. The highest BCUT2D eigenvalue weighted by atomic mass is 35.5. The van der Waals surface area contributed by atoms with Gasteiger partial charge in [0.05, 0.1) is 6.10 Å². The lowest BCUT2D eigenvalue weighted by molar-refractivity contribution is -0.153. The Hall–Kier alpha value is -2.28. The van der Waals surface area contributed by atoms with E-state index >= 15 is 0 Å². The average molecular weight is 423 g/mol. The van der Waals surface area contributed by atoms with E-state index in [0.29, 0.717) is 16.5 Å². The van der Waals surface area contributed by atoms with Crippen molar-refractivity contribution in [1.29, 1.82) is 0 Å². The fourth-order valence-electron chi connectivity index (χ4n) is 2.61. The molecule has 0 aliphatic heterocycles. The van der Waals surface area contributed by atoms with Gasteiger partial charge in [0.2, 0.25) is 0 Å². The molecule has 2 atom stereocenters. The molecule has 2 aromatic rings. The van der Waals surface area contributed by atoms with E-state index < -0.39 is 18.2 Å². The minimum Gasteiger partial charge on any atom is -0.491 e. The number of aliphatic hydroxyl groups is 1. The molecule has 2 rings (SSSR count). The van der Waals surface area contributed by atoms with Gasteiger partial charge in [0, 0.05) is 11.4 Å². The lowest BCUT2D eigenvalue weighted by atomic mass is 10.1. The van der Waals surface area contributed by atoms with Crippen molar-refractivity contribution in [3.8, 4) is 11.5 Å². The Kier molecular flexibility index (Phi) is 8.76. The van der Waals surface area contributed by atoms with Gasteiger partial charge in [-0.3, -0.25) is 0 Å². The molecule has 6 nitrogen and oxygen atoms in total. The summed E-state index contributed by atoms with van der Waals surface area (Å²) in [6.07, 6.45) is -1.61. The summed E-state index contributed by atoms with van der Waals surface area (Å²) in [5.74, 6) is 0.206. The summed E-state index contributed by atoms with van der Waals surface area (Å²) in [5.41, 5.74) is 1.75. The second-order valence-electron chi connectivity index (χ2n) is 7.05. The van der Waals surface area contributed by atoms with Crippen molar-refractivity contribution >= 4 is 17.6 Å². The maximum atomic E-state index is 11.3. The number of aliphatic carboxylic acids is 1. The van der Waals surface area contributed by atoms with Gasteiger partial charge >= 0.3 is 5.97 Å². The van der Waals surface area contributed by atoms with Crippen molar-refractivity contribution in [2.24, 2.45) is 0 Å². The van der Waals surface area contributed by atoms with Crippen molar-refractivity contribution in [3.63, 3.8) is 0 Å². The molecule has 29 heavy (non-hydrogen) atoms. The van der Waals surface area contributed by atoms with Gasteiger partial charge < -0.3 is 24.4 Å². The smallest absolute Gasteiger partial charge is 0.333 e. The summed E-state index contributed by atoms with van der Waals surface area (Å²) in [4.78, 5) is 11.3. The van der Waals surface area contributed by atoms with Crippen molar-refractivity contribution in [2.45, 2.75) is 45.5 Å². The fourth-order valence-corrected chi connectivity index (χ4v) is 2.78. The molecule has 7 heteroatoms. The molecule has 0 amide bonds. The largest absolute Gasteiger partial charge is 0.491 e. The number of halogens is 1. The number of ether oxygens (including phenoxy) is 3. The first-order valence-electron chi connectivity index (χ1n) is 9.41. The van der Waals surface area contributed by atoms with Crippen LogP contribution in [-0.2, 0) is 16.0 Å². The maximum absolute atomic E-state index is 11.3. The molecule has 0 fully saturated rings. The number of hydrogen-bond donors (Lipinski definition) is 2. The van der Waals surface area contributed by atoms with E-state index in [1.165, 1.54) is 0 Å². The predicted molar refractivity (Wildman–Crippen MR) is 111 cm³/mol. The zero-order valence-electron chi connectivity index (χ0n) is 16.8. The van der Waals surface area contributed by atoms with Gasteiger partial charge in [-0.15, -0.1) is 0 Å². The van der Waals surface area contributed by atoms with Crippen LogP contribution in [0, 0.1) is 6.92 Å². The van der Waals surface area contributed by atoms with Gasteiger partial charge in [-0.2, -0.15) is 0 Å². The first-order valence-corrected chi connectivity index (χ1v) is 9.79. The third-order valence-electron chi connectivity index (χ3n) is 4.08. The van der Waals surface area contributed by atoms with Crippen molar-refractivity contribution < 1.29 is 29.2 Å². The lowest BCUT2D eigenvalue weighted by Gasteiger charge is -2.17. The van der Waals surface area contributed by atoms with Crippen molar-refractivity contribution in [1.82, 2.24) is 0 Å². The highest BCUT2D eigenvalue weighted by Crippen LogP contribution is 2.22. The molecule has 2 N–H and O–H groups in total. The standard InChI is InChI=1S/C22H27ClO6/c1-14(2)29-21(22(25)26)10-16-5-8-19(9-6-16)27-12-18(24)13-28-20-11-17(23)7-4-15(20)3/h4-9,11,14,18,21,24H,10,12-13H2,1-3H3,(H,25,26). The molecule has 2 unspecified atom stereocenters. The molecule has 2 aromatic carbocycles. The average Bonchev–Trinajstić information content (AvgIpc) is 2.67. The van der Waals surface area contributed by atoms with Gasteiger partial charge in [0.1, 0.15) is 30.8 Å². The fraction of sp³-hybridized carbons (Fsp3) is 0.409. The SMILES string of the molecule is Cc1ccc(Cl)cc1OCC(O)COc1ccc(CC(OC(C)C)C(=O)O)cc1. The Balaban J connectivity index is 1.81. The topological polar surface area (TPSA) is 85.2 Å². The zero-order chi connectivity index (χ0) is 21.4. The lowest BCUT2D eigenvalue weighted by Crippen LogP contribution is -2.29. The minimum absolute atomic E-state index is 0.0627. The molecule has 0 radical (unpaired) electrons. The molecule has 0 saturated carbocycles. The number of benzene rings is 2. The summed E-state index contributed by atoms with van der Waals surface area (Å²) < 4.78 is 16.6. The summed E-state index contributed by atoms with van der Waals surface area (Å²) in [7, 11) is 0. The first-order chi connectivity index (χ1) is 13.7. The minimum atomic E-state index is -0.989. The first kappa shape index (κ1) is 23.0. The number of carboxylic acid groups (broad SMARTS) is 1. The Bertz CT molecular complexity index is 790. The zero-order valence-corrected chi connectivity index (χ0v) is 17.6. The molecule has 0 saturated heterocycles. The van der Waals surface area contributed by atoms with Crippen LogP contribution in [0.3, 0.4) is 0 Å². The van der Waals surface area contributed by atoms with Crippen LogP contribution in [0.1, 0.15) is 25.0 Å². The van der Waals surface area contributed by atoms with E-state index in [-0.39, 0.29) is 25.7 Å². The van der Waals surface area contributed by atoms with Crippen LogP contribution in [0.25, 0.3) is 0 Å². The van der Waals surface area contributed by atoms with E-state index in [1.807, 2.05) is 13.0 Å². The third kappa shape index (κ3) is 7.93. The summed E-state index contributed by atoms with van der Waals surface area (Å²) >= 11 is 5.95. The normalized spacial score (nSPS) is 13.2. The summed E-state index contributed by atoms with van der Waals surface area (Å²) in [5, 5.41) is 19.9. The predicted octanol–water partition coefficient (Wildman–Crippen LogP) is 3.89. The molecule has 158 valence electrons.